The van der Waals surface area contributed by atoms with Gasteiger partial charge in [0.15, 0.2) is 5.03 Å². The predicted molar refractivity (Wildman–Crippen MR) is 87.3 cm³/mol. The first-order valence-electron chi connectivity index (χ1n) is 6.76. The number of benzene rings is 1. The lowest BCUT2D eigenvalue weighted by Gasteiger charge is -2.08. The van der Waals surface area contributed by atoms with Gasteiger partial charge in [0.2, 0.25) is 0 Å². The van der Waals surface area contributed by atoms with Crippen molar-refractivity contribution in [3.05, 3.63) is 41.9 Å². The van der Waals surface area contributed by atoms with E-state index in [4.69, 9.17) is 0 Å². The van der Waals surface area contributed by atoms with Gasteiger partial charge in [-0.05, 0) is 30.5 Å². The summed E-state index contributed by atoms with van der Waals surface area (Å²) in [7, 11) is -3.62. The third-order valence-corrected chi connectivity index (χ3v) is 4.86. The lowest BCUT2D eigenvalue weighted by Crippen LogP contribution is -2.13. The fraction of sp³-hybridized carbons (Fsp3) is 0.357. The Hall–Kier alpha value is -1.34. The summed E-state index contributed by atoms with van der Waals surface area (Å²) in [6.07, 6.45) is 3.93. The minimum atomic E-state index is -3.62. The van der Waals surface area contributed by atoms with Crippen molar-refractivity contribution < 1.29 is 8.42 Å². The number of hydrogen-bond acceptors (Lipinski definition) is 3. The SMILES string of the molecule is CCc1ncc(S(=O)(=O)Nc2cccc(CCCBr)c2)[nH]1. The van der Waals surface area contributed by atoms with Gasteiger partial charge in [-0.3, -0.25) is 4.72 Å². The van der Waals surface area contributed by atoms with Crippen LogP contribution in [0.3, 0.4) is 0 Å². The van der Waals surface area contributed by atoms with E-state index in [2.05, 4.69) is 30.6 Å². The molecule has 1 aromatic carbocycles. The largest absolute Gasteiger partial charge is 0.332 e. The van der Waals surface area contributed by atoms with Gasteiger partial charge < -0.3 is 4.98 Å². The zero-order valence-corrected chi connectivity index (χ0v) is 14.2. The molecule has 0 spiro atoms. The van der Waals surface area contributed by atoms with Crippen LogP contribution in [-0.2, 0) is 22.9 Å². The highest BCUT2D eigenvalue weighted by molar-refractivity contribution is 9.09. The molecule has 0 atom stereocenters. The molecule has 0 aliphatic rings. The first-order valence-corrected chi connectivity index (χ1v) is 9.37. The Kier molecular flexibility index (Phi) is 5.41. The zero-order chi connectivity index (χ0) is 15.3. The molecule has 0 fully saturated rings. The molecule has 2 rings (SSSR count). The highest BCUT2D eigenvalue weighted by Crippen LogP contribution is 2.17. The molecule has 0 unspecified atom stereocenters. The number of alkyl halides is 1. The van der Waals surface area contributed by atoms with E-state index in [1.165, 1.54) is 6.20 Å². The average Bonchev–Trinajstić information content (AvgIpc) is 2.95. The van der Waals surface area contributed by atoms with Crippen LogP contribution in [0.2, 0.25) is 0 Å². The summed E-state index contributed by atoms with van der Waals surface area (Å²) in [5, 5.41) is 1.02. The Morgan fingerprint density at radius 1 is 1.38 bits per heavy atom. The van der Waals surface area contributed by atoms with E-state index in [9.17, 15) is 8.42 Å². The van der Waals surface area contributed by atoms with Crippen LogP contribution in [0, 0.1) is 0 Å². The van der Waals surface area contributed by atoms with Crippen LogP contribution in [0.5, 0.6) is 0 Å². The molecule has 21 heavy (non-hydrogen) atoms. The van der Waals surface area contributed by atoms with E-state index >= 15 is 0 Å². The normalized spacial score (nSPS) is 11.5. The topological polar surface area (TPSA) is 74.8 Å². The first kappa shape index (κ1) is 16.0. The summed E-state index contributed by atoms with van der Waals surface area (Å²) in [5.74, 6) is 0.654. The number of imidazole rings is 1. The van der Waals surface area contributed by atoms with Gasteiger partial charge in [0.05, 0.1) is 6.20 Å². The third kappa shape index (κ3) is 4.31. The van der Waals surface area contributed by atoms with Crippen molar-refractivity contribution in [1.29, 1.82) is 0 Å². The number of hydrogen-bond donors (Lipinski definition) is 2. The zero-order valence-electron chi connectivity index (χ0n) is 11.8. The molecule has 0 bridgehead atoms. The summed E-state index contributed by atoms with van der Waals surface area (Å²) in [6.45, 7) is 1.91. The monoisotopic (exact) mass is 371 g/mol. The van der Waals surface area contributed by atoms with Crippen LogP contribution in [0.25, 0.3) is 0 Å². The molecule has 0 radical (unpaired) electrons. The Balaban J connectivity index is 2.16. The Bertz CT molecular complexity index is 698. The van der Waals surface area contributed by atoms with Gasteiger partial charge in [-0.1, -0.05) is 35.0 Å². The molecule has 114 valence electrons. The Morgan fingerprint density at radius 2 is 2.19 bits per heavy atom. The number of aromatic nitrogens is 2. The maximum absolute atomic E-state index is 12.3. The predicted octanol–water partition coefficient (Wildman–Crippen LogP) is 3.10. The van der Waals surface area contributed by atoms with Crippen molar-refractivity contribution in [2.75, 3.05) is 10.1 Å². The molecule has 0 amide bonds. The van der Waals surface area contributed by atoms with E-state index in [1.807, 2.05) is 25.1 Å². The smallest absolute Gasteiger partial charge is 0.278 e. The molecule has 0 saturated heterocycles. The minimum absolute atomic E-state index is 0.0882. The summed E-state index contributed by atoms with van der Waals surface area (Å²) in [6, 6.07) is 7.45. The van der Waals surface area contributed by atoms with Gasteiger partial charge in [0.1, 0.15) is 5.82 Å². The van der Waals surface area contributed by atoms with Crippen LogP contribution < -0.4 is 4.72 Å². The van der Waals surface area contributed by atoms with E-state index < -0.39 is 10.0 Å². The van der Waals surface area contributed by atoms with E-state index in [1.54, 1.807) is 6.07 Å². The molecule has 0 aliphatic heterocycles. The lowest BCUT2D eigenvalue weighted by atomic mass is 10.1. The standard InChI is InChI=1S/C14H18BrN3O2S/c1-2-13-16-10-14(17-13)21(19,20)18-12-7-3-5-11(9-12)6-4-8-15/h3,5,7,9-10,18H,2,4,6,8H2,1H3,(H,16,17). The van der Waals surface area contributed by atoms with Crippen LogP contribution in [0.1, 0.15) is 24.7 Å². The second-order valence-corrected chi connectivity index (χ2v) is 7.09. The molecule has 7 heteroatoms. The van der Waals surface area contributed by atoms with E-state index in [0.29, 0.717) is 17.9 Å². The third-order valence-electron chi connectivity index (χ3n) is 3.01. The molecule has 5 nitrogen and oxygen atoms in total. The molecule has 2 N–H and O–H groups in total. The average molecular weight is 372 g/mol. The summed E-state index contributed by atoms with van der Waals surface area (Å²) >= 11 is 3.39. The molecular weight excluding hydrogens is 354 g/mol. The molecular formula is C14H18BrN3O2S. The van der Waals surface area contributed by atoms with Crippen molar-refractivity contribution in [2.45, 2.75) is 31.2 Å². The minimum Gasteiger partial charge on any atom is -0.332 e. The van der Waals surface area contributed by atoms with Crippen molar-refractivity contribution in [3.63, 3.8) is 0 Å². The first-order chi connectivity index (χ1) is 10.0. The van der Waals surface area contributed by atoms with Crippen molar-refractivity contribution >= 4 is 31.6 Å². The molecule has 2 aromatic rings. The maximum atomic E-state index is 12.3. The van der Waals surface area contributed by atoms with Crippen LogP contribution in [0.4, 0.5) is 5.69 Å². The quantitative estimate of drug-likeness (QED) is 0.734. The fourth-order valence-corrected chi connectivity index (χ4v) is 3.20. The van der Waals surface area contributed by atoms with Gasteiger partial charge in [-0.15, -0.1) is 0 Å². The number of anilines is 1. The number of aromatic amines is 1. The highest BCUT2D eigenvalue weighted by Gasteiger charge is 2.17. The number of nitrogens with zero attached hydrogens (tertiary/aromatic N) is 1. The number of halogens is 1. The van der Waals surface area contributed by atoms with Crippen LogP contribution in [-0.4, -0.2) is 23.7 Å². The van der Waals surface area contributed by atoms with Gasteiger partial charge in [0, 0.05) is 17.4 Å². The molecule has 0 saturated carbocycles. The number of sulfonamides is 1. The number of rotatable bonds is 7. The second kappa shape index (κ2) is 7.09. The number of H-pyrrole nitrogens is 1. The fourth-order valence-electron chi connectivity index (χ4n) is 1.93. The van der Waals surface area contributed by atoms with Gasteiger partial charge in [-0.2, -0.15) is 8.42 Å². The van der Waals surface area contributed by atoms with E-state index in [0.717, 1.165) is 23.7 Å². The number of nitrogens with one attached hydrogen (secondary N) is 2. The second-order valence-electron chi connectivity index (χ2n) is 4.65. The van der Waals surface area contributed by atoms with Crippen molar-refractivity contribution in [1.82, 2.24) is 9.97 Å². The van der Waals surface area contributed by atoms with Crippen molar-refractivity contribution in [2.24, 2.45) is 0 Å². The molecule has 1 heterocycles. The van der Waals surface area contributed by atoms with Gasteiger partial charge >= 0.3 is 0 Å². The van der Waals surface area contributed by atoms with Crippen molar-refractivity contribution in [3.8, 4) is 0 Å². The number of aryl methyl sites for hydroxylation is 2. The summed E-state index contributed by atoms with van der Waals surface area (Å²) in [4.78, 5) is 6.83. The maximum Gasteiger partial charge on any atom is 0.278 e. The highest BCUT2D eigenvalue weighted by atomic mass is 79.9. The van der Waals surface area contributed by atoms with Crippen LogP contribution in [0.15, 0.2) is 35.5 Å². The lowest BCUT2D eigenvalue weighted by molar-refractivity contribution is 0.598. The summed E-state index contributed by atoms with van der Waals surface area (Å²) in [5.41, 5.74) is 1.67. The summed E-state index contributed by atoms with van der Waals surface area (Å²) < 4.78 is 27.1. The molecule has 1 aromatic heterocycles. The van der Waals surface area contributed by atoms with Gasteiger partial charge in [-0.25, -0.2) is 4.98 Å². The Labute approximate surface area is 133 Å². The molecule has 0 aliphatic carbocycles. The Morgan fingerprint density at radius 3 is 2.86 bits per heavy atom. The van der Waals surface area contributed by atoms with E-state index in [-0.39, 0.29) is 5.03 Å². The van der Waals surface area contributed by atoms with Crippen LogP contribution >= 0.6 is 15.9 Å². The van der Waals surface area contributed by atoms with Gasteiger partial charge in [0.25, 0.3) is 10.0 Å².